The van der Waals surface area contributed by atoms with Crippen LogP contribution < -0.4 is 5.32 Å². The third kappa shape index (κ3) is 6.52. The number of nitrogens with one attached hydrogen (secondary N) is 1. The Morgan fingerprint density at radius 2 is 1.91 bits per heavy atom. The van der Waals surface area contributed by atoms with Crippen LogP contribution in [0.25, 0.3) is 0 Å². The van der Waals surface area contributed by atoms with Crippen molar-refractivity contribution in [2.24, 2.45) is 0 Å². The average Bonchev–Trinajstić information content (AvgIpc) is 2.52. The predicted molar refractivity (Wildman–Crippen MR) is 91.9 cm³/mol. The van der Waals surface area contributed by atoms with Crippen LogP contribution in [0.2, 0.25) is 0 Å². The number of carbonyl (C=O) groups is 2. The van der Waals surface area contributed by atoms with Gasteiger partial charge in [0.15, 0.2) is 0 Å². The third-order valence-corrected chi connectivity index (χ3v) is 4.42. The molecule has 0 aliphatic rings. The molecule has 2 amide bonds. The lowest BCUT2D eigenvalue weighted by Gasteiger charge is -2.26. The summed E-state index contributed by atoms with van der Waals surface area (Å²) >= 11 is 1.59. The highest BCUT2D eigenvalue weighted by Crippen LogP contribution is 2.18. The Bertz CT molecular complexity index is 465. The van der Waals surface area contributed by atoms with Crippen LogP contribution in [0.4, 0.5) is 0 Å². The van der Waals surface area contributed by atoms with Crippen molar-refractivity contribution >= 4 is 23.6 Å². The lowest BCUT2D eigenvalue weighted by molar-refractivity contribution is -0.135. The number of unbranched alkanes of at least 4 members (excludes halogenated alkanes) is 1. The molecule has 0 saturated carbocycles. The summed E-state index contributed by atoms with van der Waals surface area (Å²) in [6.07, 6.45) is 2.03. The minimum Gasteiger partial charge on any atom is -0.344 e. The summed E-state index contributed by atoms with van der Waals surface area (Å²) in [6, 6.07) is 9.45. The Balaban J connectivity index is 2.69. The van der Waals surface area contributed by atoms with Gasteiger partial charge in [0.2, 0.25) is 11.8 Å². The summed E-state index contributed by atoms with van der Waals surface area (Å²) in [5, 5.41) is 2.79. The summed E-state index contributed by atoms with van der Waals surface area (Å²) in [5.74, 6) is 0.388. The molecule has 0 radical (unpaired) electrons. The minimum atomic E-state index is -0.473. The van der Waals surface area contributed by atoms with Crippen LogP contribution in [0.1, 0.15) is 33.6 Å². The van der Waals surface area contributed by atoms with E-state index in [1.165, 1.54) is 6.92 Å². The zero-order valence-electron chi connectivity index (χ0n) is 13.7. The summed E-state index contributed by atoms with van der Waals surface area (Å²) in [7, 11) is 0. The van der Waals surface area contributed by atoms with Crippen LogP contribution in [0.5, 0.6) is 0 Å². The Hall–Kier alpha value is -1.49. The van der Waals surface area contributed by atoms with E-state index in [9.17, 15) is 9.59 Å². The van der Waals surface area contributed by atoms with E-state index in [-0.39, 0.29) is 11.8 Å². The second-order valence-corrected chi connectivity index (χ2v) is 6.24. The summed E-state index contributed by atoms with van der Waals surface area (Å²) in [6.45, 7) is 6.95. The molecule has 1 aromatic carbocycles. The average molecular weight is 322 g/mol. The first-order chi connectivity index (χ1) is 10.6. The van der Waals surface area contributed by atoms with E-state index in [4.69, 9.17) is 0 Å². The molecular weight excluding hydrogens is 296 g/mol. The Labute approximate surface area is 137 Å². The number of nitrogens with zero attached hydrogens (tertiary/aromatic N) is 1. The molecule has 0 aliphatic carbocycles. The molecule has 22 heavy (non-hydrogen) atoms. The lowest BCUT2D eigenvalue weighted by atomic mass is 10.2. The minimum absolute atomic E-state index is 0.00887. The number of carbonyl (C=O) groups excluding carboxylic acids is 2. The van der Waals surface area contributed by atoms with Gasteiger partial charge in [-0.2, -0.15) is 0 Å². The molecule has 1 aromatic rings. The van der Waals surface area contributed by atoms with E-state index >= 15 is 0 Å². The number of hydrogen-bond donors (Lipinski definition) is 1. The highest BCUT2D eigenvalue weighted by molar-refractivity contribution is 7.99. The molecule has 0 aliphatic heterocycles. The molecule has 1 N–H and O–H groups in total. The van der Waals surface area contributed by atoms with Gasteiger partial charge in [-0.15, -0.1) is 11.8 Å². The van der Waals surface area contributed by atoms with Gasteiger partial charge < -0.3 is 10.2 Å². The van der Waals surface area contributed by atoms with Gasteiger partial charge in [-0.25, -0.2) is 0 Å². The van der Waals surface area contributed by atoms with Crippen LogP contribution in [0, 0.1) is 0 Å². The van der Waals surface area contributed by atoms with Crippen LogP contribution in [-0.4, -0.2) is 41.6 Å². The van der Waals surface area contributed by atoms with Gasteiger partial charge >= 0.3 is 0 Å². The standard InChI is InChI=1S/C17H26N2O2S/c1-4-6-12-19(5-2)17(21)16(18-14(3)20)13-22-15-10-8-7-9-11-15/h7-11,16H,4-6,12-13H2,1-3H3,(H,18,20). The second kappa shape index (κ2) is 10.3. The Morgan fingerprint density at radius 1 is 1.23 bits per heavy atom. The van der Waals surface area contributed by atoms with Gasteiger partial charge in [-0.05, 0) is 25.5 Å². The molecule has 5 heteroatoms. The van der Waals surface area contributed by atoms with Crippen molar-refractivity contribution in [2.45, 2.75) is 44.6 Å². The molecule has 4 nitrogen and oxygen atoms in total. The van der Waals surface area contributed by atoms with E-state index in [2.05, 4.69) is 12.2 Å². The van der Waals surface area contributed by atoms with Crippen molar-refractivity contribution in [1.29, 1.82) is 0 Å². The van der Waals surface area contributed by atoms with Gasteiger partial charge in [0, 0.05) is 30.7 Å². The Kier molecular flexibility index (Phi) is 8.67. The van der Waals surface area contributed by atoms with Crippen molar-refractivity contribution in [3.8, 4) is 0 Å². The van der Waals surface area contributed by atoms with Gasteiger partial charge in [-0.1, -0.05) is 31.5 Å². The molecule has 1 unspecified atom stereocenters. The zero-order valence-corrected chi connectivity index (χ0v) is 14.5. The summed E-state index contributed by atoms with van der Waals surface area (Å²) in [5.41, 5.74) is 0. The fraction of sp³-hybridized carbons (Fsp3) is 0.529. The molecule has 0 bridgehead atoms. The first-order valence-corrected chi connectivity index (χ1v) is 8.80. The molecule has 1 rings (SSSR count). The normalized spacial score (nSPS) is 11.8. The number of likely N-dealkylation sites (N-methyl/N-ethyl adjacent to an activating group) is 1. The number of benzene rings is 1. The van der Waals surface area contributed by atoms with Crippen molar-refractivity contribution in [1.82, 2.24) is 10.2 Å². The molecule has 0 heterocycles. The quantitative estimate of drug-likeness (QED) is 0.711. The van der Waals surface area contributed by atoms with Crippen LogP contribution >= 0.6 is 11.8 Å². The maximum absolute atomic E-state index is 12.6. The number of amides is 2. The smallest absolute Gasteiger partial charge is 0.246 e. The van der Waals surface area contributed by atoms with E-state index in [1.54, 1.807) is 11.8 Å². The molecule has 1 atom stereocenters. The molecule has 0 aromatic heterocycles. The van der Waals surface area contributed by atoms with Gasteiger partial charge in [0.1, 0.15) is 6.04 Å². The lowest BCUT2D eigenvalue weighted by Crippen LogP contribution is -2.49. The molecule has 0 saturated heterocycles. The molecule has 0 spiro atoms. The first-order valence-electron chi connectivity index (χ1n) is 7.82. The van der Waals surface area contributed by atoms with E-state index in [0.717, 1.165) is 24.3 Å². The van der Waals surface area contributed by atoms with Gasteiger partial charge in [0.25, 0.3) is 0 Å². The number of thioether (sulfide) groups is 1. The molecule has 122 valence electrons. The maximum atomic E-state index is 12.6. The molecular formula is C17H26N2O2S. The van der Waals surface area contributed by atoms with Crippen LogP contribution in [0.3, 0.4) is 0 Å². The van der Waals surface area contributed by atoms with E-state index in [0.29, 0.717) is 12.3 Å². The first kappa shape index (κ1) is 18.6. The second-order valence-electron chi connectivity index (χ2n) is 5.15. The van der Waals surface area contributed by atoms with Crippen LogP contribution in [0.15, 0.2) is 35.2 Å². The zero-order chi connectivity index (χ0) is 16.4. The van der Waals surface area contributed by atoms with Crippen molar-refractivity contribution in [3.05, 3.63) is 30.3 Å². The number of hydrogen-bond acceptors (Lipinski definition) is 3. The largest absolute Gasteiger partial charge is 0.344 e. The van der Waals surface area contributed by atoms with Gasteiger partial charge in [-0.3, -0.25) is 9.59 Å². The van der Waals surface area contributed by atoms with Crippen molar-refractivity contribution < 1.29 is 9.59 Å². The monoisotopic (exact) mass is 322 g/mol. The van der Waals surface area contributed by atoms with Crippen molar-refractivity contribution in [3.63, 3.8) is 0 Å². The Morgan fingerprint density at radius 3 is 2.45 bits per heavy atom. The predicted octanol–water partition coefficient (Wildman–Crippen LogP) is 2.93. The van der Waals surface area contributed by atoms with Crippen molar-refractivity contribution in [2.75, 3.05) is 18.8 Å². The summed E-state index contributed by atoms with van der Waals surface area (Å²) < 4.78 is 0. The summed E-state index contributed by atoms with van der Waals surface area (Å²) in [4.78, 5) is 27.0. The SMILES string of the molecule is CCCCN(CC)C(=O)C(CSc1ccccc1)NC(C)=O. The maximum Gasteiger partial charge on any atom is 0.246 e. The van der Waals surface area contributed by atoms with Crippen LogP contribution in [-0.2, 0) is 9.59 Å². The fourth-order valence-electron chi connectivity index (χ4n) is 2.11. The topological polar surface area (TPSA) is 49.4 Å². The van der Waals surface area contributed by atoms with E-state index in [1.807, 2.05) is 42.2 Å². The highest BCUT2D eigenvalue weighted by Gasteiger charge is 2.24. The fourth-order valence-corrected chi connectivity index (χ4v) is 3.04. The molecule has 0 fully saturated rings. The van der Waals surface area contributed by atoms with E-state index < -0.39 is 6.04 Å². The highest BCUT2D eigenvalue weighted by atomic mass is 32.2. The van der Waals surface area contributed by atoms with Gasteiger partial charge in [0.05, 0.1) is 0 Å². The third-order valence-electron chi connectivity index (χ3n) is 3.31. The number of rotatable bonds is 9.